The lowest BCUT2D eigenvalue weighted by Gasteiger charge is -2.20. The van der Waals surface area contributed by atoms with Gasteiger partial charge in [-0.25, -0.2) is 0 Å². The zero-order chi connectivity index (χ0) is 14.0. The number of hydrogen-bond donors (Lipinski definition) is 2. The number of amides is 1. The first-order valence-corrected chi connectivity index (χ1v) is 7.02. The summed E-state index contributed by atoms with van der Waals surface area (Å²) in [5.74, 6) is 1.91. The number of fused-ring (bicyclic) bond motifs is 1. The lowest BCUT2D eigenvalue weighted by Crippen LogP contribution is -2.45. The monoisotopic (exact) mass is 265 g/mol. The summed E-state index contributed by atoms with van der Waals surface area (Å²) in [6.07, 6.45) is 2.97. The Morgan fingerprint density at radius 3 is 2.89 bits per heavy atom. The van der Waals surface area contributed by atoms with E-state index in [4.69, 9.17) is 5.73 Å². The zero-order valence-electron chi connectivity index (χ0n) is 11.9. The highest BCUT2D eigenvalue weighted by atomic mass is 16.2. The molecule has 19 heavy (non-hydrogen) atoms. The van der Waals surface area contributed by atoms with Crippen molar-refractivity contribution in [1.82, 2.24) is 20.1 Å². The van der Waals surface area contributed by atoms with Gasteiger partial charge in [0.25, 0.3) is 0 Å². The van der Waals surface area contributed by atoms with Crippen molar-refractivity contribution in [1.29, 1.82) is 0 Å². The van der Waals surface area contributed by atoms with Gasteiger partial charge in [0, 0.05) is 13.0 Å². The molecule has 3 atom stereocenters. The highest BCUT2D eigenvalue weighted by molar-refractivity contribution is 5.82. The molecule has 0 radical (unpaired) electrons. The molecule has 0 saturated heterocycles. The van der Waals surface area contributed by atoms with Crippen LogP contribution in [0.5, 0.6) is 0 Å². The summed E-state index contributed by atoms with van der Waals surface area (Å²) in [4.78, 5) is 12.1. The van der Waals surface area contributed by atoms with Crippen molar-refractivity contribution in [2.24, 2.45) is 11.7 Å². The molecule has 3 N–H and O–H groups in total. The minimum Gasteiger partial charge on any atom is -0.345 e. The highest BCUT2D eigenvalue weighted by Gasteiger charge is 2.25. The topological polar surface area (TPSA) is 85.8 Å². The molecule has 0 spiro atoms. The second-order valence-electron chi connectivity index (χ2n) is 5.37. The maximum absolute atomic E-state index is 12.1. The van der Waals surface area contributed by atoms with E-state index in [1.54, 1.807) is 0 Å². The van der Waals surface area contributed by atoms with Crippen LogP contribution in [-0.2, 0) is 17.8 Å². The van der Waals surface area contributed by atoms with Gasteiger partial charge in [-0.2, -0.15) is 0 Å². The molecule has 2 rings (SSSR count). The number of nitrogens with one attached hydrogen (secondary N) is 1. The summed E-state index contributed by atoms with van der Waals surface area (Å²) in [5.41, 5.74) is 5.93. The summed E-state index contributed by atoms with van der Waals surface area (Å²) in [6, 6.07) is -0.615. The minimum absolute atomic E-state index is 0.114. The van der Waals surface area contributed by atoms with Gasteiger partial charge >= 0.3 is 0 Å². The highest BCUT2D eigenvalue weighted by Crippen LogP contribution is 2.19. The number of hydrogen-bond acceptors (Lipinski definition) is 4. The van der Waals surface area contributed by atoms with Crippen molar-refractivity contribution in [2.45, 2.75) is 58.7 Å². The van der Waals surface area contributed by atoms with Crippen molar-refractivity contribution in [3.8, 4) is 0 Å². The Hall–Kier alpha value is -1.43. The van der Waals surface area contributed by atoms with Gasteiger partial charge in [-0.1, -0.05) is 20.3 Å². The van der Waals surface area contributed by atoms with Gasteiger partial charge in [0.1, 0.15) is 5.82 Å². The quantitative estimate of drug-likeness (QED) is 0.823. The normalized spacial score (nSPS) is 18.7. The molecule has 0 aromatic carbocycles. The summed E-state index contributed by atoms with van der Waals surface area (Å²) in [6.45, 7) is 6.89. The standard InChI is InChI=1S/C13H23N5O/c1-4-8(2)11(14)13(19)15-9(3)12-17-16-10-6-5-7-18(10)12/h8-9,11H,4-7,14H2,1-3H3,(H,15,19)/t8?,9?,11-/m0/s1. The Bertz CT molecular complexity index is 456. The van der Waals surface area contributed by atoms with E-state index in [1.165, 1.54) is 0 Å². The number of rotatable bonds is 5. The fraction of sp³-hybridized carbons (Fsp3) is 0.769. The Morgan fingerprint density at radius 2 is 2.21 bits per heavy atom. The minimum atomic E-state index is -0.464. The average molecular weight is 265 g/mol. The van der Waals surface area contributed by atoms with Crippen LogP contribution in [-0.4, -0.2) is 26.7 Å². The second kappa shape index (κ2) is 5.69. The van der Waals surface area contributed by atoms with Crippen LogP contribution in [0.1, 0.15) is 51.3 Å². The van der Waals surface area contributed by atoms with Gasteiger partial charge in [0.15, 0.2) is 5.82 Å². The molecule has 6 nitrogen and oxygen atoms in total. The Morgan fingerprint density at radius 1 is 1.47 bits per heavy atom. The van der Waals surface area contributed by atoms with Crippen molar-refractivity contribution in [3.63, 3.8) is 0 Å². The molecule has 1 aromatic rings. The lowest BCUT2D eigenvalue weighted by atomic mass is 9.99. The SMILES string of the molecule is CCC(C)[C@H](N)C(=O)NC(C)c1nnc2n1CCC2. The Kier molecular flexibility index (Phi) is 4.19. The van der Waals surface area contributed by atoms with Crippen LogP contribution in [0.2, 0.25) is 0 Å². The number of aryl methyl sites for hydroxylation is 1. The number of carbonyl (C=O) groups excluding carboxylic acids is 1. The molecule has 0 saturated carbocycles. The lowest BCUT2D eigenvalue weighted by molar-refractivity contribution is -0.124. The van der Waals surface area contributed by atoms with Gasteiger partial charge in [-0.05, 0) is 19.3 Å². The number of nitrogens with two attached hydrogens (primary N) is 1. The van der Waals surface area contributed by atoms with Crippen LogP contribution in [0.4, 0.5) is 0 Å². The van der Waals surface area contributed by atoms with Gasteiger partial charge in [0.2, 0.25) is 5.91 Å². The van der Waals surface area contributed by atoms with Crippen LogP contribution in [0.15, 0.2) is 0 Å². The van der Waals surface area contributed by atoms with Crippen LogP contribution < -0.4 is 11.1 Å². The molecule has 6 heteroatoms. The molecular formula is C13H23N5O. The first kappa shape index (κ1) is 14.0. The molecule has 1 amide bonds. The first-order chi connectivity index (χ1) is 9.04. The van der Waals surface area contributed by atoms with E-state index in [9.17, 15) is 4.79 Å². The summed E-state index contributed by atoms with van der Waals surface area (Å²) in [7, 11) is 0. The Balaban J connectivity index is 2.01. The van der Waals surface area contributed by atoms with Crippen molar-refractivity contribution >= 4 is 5.91 Å². The van der Waals surface area contributed by atoms with E-state index >= 15 is 0 Å². The molecular weight excluding hydrogens is 242 g/mol. The third-order valence-electron chi connectivity index (χ3n) is 3.94. The summed E-state index contributed by atoms with van der Waals surface area (Å²) < 4.78 is 2.10. The first-order valence-electron chi connectivity index (χ1n) is 7.02. The molecule has 106 valence electrons. The van der Waals surface area contributed by atoms with Crippen LogP contribution >= 0.6 is 0 Å². The molecule has 2 heterocycles. The molecule has 1 aliphatic rings. The van der Waals surface area contributed by atoms with Gasteiger partial charge in [0.05, 0.1) is 12.1 Å². The van der Waals surface area contributed by atoms with E-state index in [0.717, 1.165) is 37.5 Å². The van der Waals surface area contributed by atoms with E-state index in [0.29, 0.717) is 0 Å². The molecule has 1 aromatic heterocycles. The largest absolute Gasteiger partial charge is 0.345 e. The Labute approximate surface area is 113 Å². The van der Waals surface area contributed by atoms with Crippen LogP contribution in [0.3, 0.4) is 0 Å². The molecule has 0 bridgehead atoms. The van der Waals surface area contributed by atoms with Crippen LogP contribution in [0, 0.1) is 5.92 Å². The van der Waals surface area contributed by atoms with E-state index in [2.05, 4.69) is 20.1 Å². The summed E-state index contributed by atoms with van der Waals surface area (Å²) >= 11 is 0. The predicted octanol–water partition coefficient (Wildman–Crippen LogP) is 0.775. The predicted molar refractivity (Wildman–Crippen MR) is 72.3 cm³/mol. The number of nitrogens with zero attached hydrogens (tertiary/aromatic N) is 3. The average Bonchev–Trinajstić information content (AvgIpc) is 2.98. The second-order valence-corrected chi connectivity index (χ2v) is 5.37. The molecule has 0 fully saturated rings. The van der Waals surface area contributed by atoms with E-state index in [-0.39, 0.29) is 17.9 Å². The molecule has 1 aliphatic heterocycles. The van der Waals surface area contributed by atoms with Gasteiger partial charge < -0.3 is 15.6 Å². The zero-order valence-corrected chi connectivity index (χ0v) is 11.9. The molecule has 2 unspecified atom stereocenters. The van der Waals surface area contributed by atoms with E-state index < -0.39 is 6.04 Å². The smallest absolute Gasteiger partial charge is 0.237 e. The third-order valence-corrected chi connectivity index (χ3v) is 3.94. The third kappa shape index (κ3) is 2.78. The van der Waals surface area contributed by atoms with Crippen LogP contribution in [0.25, 0.3) is 0 Å². The summed E-state index contributed by atoms with van der Waals surface area (Å²) in [5, 5.41) is 11.3. The fourth-order valence-electron chi connectivity index (χ4n) is 2.38. The van der Waals surface area contributed by atoms with E-state index in [1.807, 2.05) is 20.8 Å². The van der Waals surface area contributed by atoms with Crippen molar-refractivity contribution < 1.29 is 4.79 Å². The maximum Gasteiger partial charge on any atom is 0.237 e. The van der Waals surface area contributed by atoms with Crippen molar-refractivity contribution in [3.05, 3.63) is 11.6 Å². The van der Waals surface area contributed by atoms with Gasteiger partial charge in [-0.3, -0.25) is 4.79 Å². The number of aromatic nitrogens is 3. The maximum atomic E-state index is 12.1. The molecule has 0 aliphatic carbocycles. The van der Waals surface area contributed by atoms with Gasteiger partial charge in [-0.15, -0.1) is 10.2 Å². The fourth-order valence-corrected chi connectivity index (χ4v) is 2.38. The van der Waals surface area contributed by atoms with Crippen molar-refractivity contribution in [2.75, 3.05) is 0 Å². The number of carbonyl (C=O) groups is 1.